The zero-order valence-corrected chi connectivity index (χ0v) is 11.7. The smallest absolute Gasteiger partial charge is 0.339 e. The van der Waals surface area contributed by atoms with Crippen LogP contribution in [0, 0.1) is 0 Å². The van der Waals surface area contributed by atoms with Gasteiger partial charge in [-0.15, -0.1) is 0 Å². The van der Waals surface area contributed by atoms with Crippen LogP contribution in [0.2, 0.25) is 0 Å². The van der Waals surface area contributed by atoms with Crippen LogP contribution in [0.5, 0.6) is 5.75 Å². The third-order valence-electron chi connectivity index (χ3n) is 2.10. The van der Waals surface area contributed by atoms with Gasteiger partial charge in [0.1, 0.15) is 5.75 Å². The molecule has 0 saturated carbocycles. The molecule has 5 nitrogen and oxygen atoms in total. The highest BCUT2D eigenvalue weighted by atomic mass is 79.9. The van der Waals surface area contributed by atoms with Gasteiger partial charge in [0.25, 0.3) is 5.91 Å². The molecule has 1 amide bonds. The van der Waals surface area contributed by atoms with Crippen molar-refractivity contribution in [1.82, 2.24) is 5.32 Å². The van der Waals surface area contributed by atoms with Crippen LogP contribution in [0.25, 0.3) is 0 Å². The number of hydrogen-bond donors (Lipinski definition) is 1. The average molecular weight is 316 g/mol. The monoisotopic (exact) mass is 315 g/mol. The largest absolute Gasteiger partial charge is 0.497 e. The van der Waals surface area contributed by atoms with Crippen LogP contribution in [-0.4, -0.2) is 32.1 Å². The lowest BCUT2D eigenvalue weighted by atomic mass is 10.2. The number of rotatable bonds is 5. The third-order valence-corrected chi connectivity index (χ3v) is 2.79. The summed E-state index contributed by atoms with van der Waals surface area (Å²) in [7, 11) is 1.51. The van der Waals surface area contributed by atoms with Gasteiger partial charge in [-0.25, -0.2) is 4.79 Å². The first-order chi connectivity index (χ1) is 8.58. The summed E-state index contributed by atoms with van der Waals surface area (Å²) in [6.07, 6.45) is 0. The summed E-state index contributed by atoms with van der Waals surface area (Å²) in [5.74, 6) is -0.361. The number of carbonyl (C=O) groups excluding carboxylic acids is 2. The van der Waals surface area contributed by atoms with Crippen molar-refractivity contribution in [2.45, 2.75) is 6.92 Å². The summed E-state index contributed by atoms with van der Waals surface area (Å²) in [6.45, 7) is 1.99. The summed E-state index contributed by atoms with van der Waals surface area (Å²) >= 11 is 3.24. The molecule has 0 saturated heterocycles. The average Bonchev–Trinajstić information content (AvgIpc) is 2.37. The predicted molar refractivity (Wildman–Crippen MR) is 69.7 cm³/mol. The number of methoxy groups -OCH3 is 1. The lowest BCUT2D eigenvalue weighted by Gasteiger charge is -2.08. The highest BCUT2D eigenvalue weighted by Crippen LogP contribution is 2.23. The highest BCUT2D eigenvalue weighted by Gasteiger charge is 2.14. The van der Waals surface area contributed by atoms with E-state index < -0.39 is 5.97 Å². The van der Waals surface area contributed by atoms with Crippen LogP contribution in [0.15, 0.2) is 22.7 Å². The van der Waals surface area contributed by atoms with E-state index in [1.165, 1.54) is 7.11 Å². The van der Waals surface area contributed by atoms with Crippen LogP contribution >= 0.6 is 15.9 Å². The molecule has 1 aromatic rings. The molecule has 0 radical (unpaired) electrons. The standard InChI is InChI=1S/C12H14BrNO4/c1-3-14-11(15)7-18-12(16)9-6-8(17-2)4-5-10(9)13/h4-6H,3,7H2,1-2H3,(H,14,15). The van der Waals surface area contributed by atoms with Gasteiger partial charge in [0, 0.05) is 11.0 Å². The van der Waals surface area contributed by atoms with Crippen molar-refractivity contribution in [1.29, 1.82) is 0 Å². The fraction of sp³-hybridized carbons (Fsp3) is 0.333. The summed E-state index contributed by atoms with van der Waals surface area (Å²) in [4.78, 5) is 22.9. The Kier molecular flexibility index (Phi) is 5.64. The Hall–Kier alpha value is -1.56. The molecular formula is C12H14BrNO4. The Balaban J connectivity index is 2.69. The lowest BCUT2D eigenvalue weighted by molar-refractivity contribution is -0.124. The minimum atomic E-state index is -0.577. The molecule has 6 heteroatoms. The first kappa shape index (κ1) is 14.5. The summed E-state index contributed by atoms with van der Waals surface area (Å²) in [6, 6.07) is 4.94. The van der Waals surface area contributed by atoms with E-state index in [9.17, 15) is 9.59 Å². The molecule has 0 spiro atoms. The molecule has 0 fully saturated rings. The minimum absolute atomic E-state index is 0.295. The fourth-order valence-corrected chi connectivity index (χ4v) is 1.65. The van der Waals surface area contributed by atoms with Crippen molar-refractivity contribution >= 4 is 27.8 Å². The molecule has 1 aromatic carbocycles. The number of hydrogen-bond acceptors (Lipinski definition) is 4. The third kappa shape index (κ3) is 4.03. The van der Waals surface area contributed by atoms with Gasteiger partial charge in [-0.2, -0.15) is 0 Å². The first-order valence-corrected chi connectivity index (χ1v) is 6.15. The van der Waals surface area contributed by atoms with Crippen molar-refractivity contribution in [3.05, 3.63) is 28.2 Å². The zero-order chi connectivity index (χ0) is 13.5. The van der Waals surface area contributed by atoms with Crippen LogP contribution in [0.3, 0.4) is 0 Å². The van der Waals surface area contributed by atoms with Gasteiger partial charge >= 0.3 is 5.97 Å². The Bertz CT molecular complexity index is 448. The SMILES string of the molecule is CCNC(=O)COC(=O)c1cc(OC)ccc1Br. The van der Waals surface area contributed by atoms with E-state index in [-0.39, 0.29) is 12.5 Å². The van der Waals surface area contributed by atoms with E-state index in [0.717, 1.165) is 0 Å². The van der Waals surface area contributed by atoms with E-state index >= 15 is 0 Å². The molecule has 0 aliphatic carbocycles. The second kappa shape index (κ2) is 7.00. The second-order valence-electron chi connectivity index (χ2n) is 3.38. The minimum Gasteiger partial charge on any atom is -0.497 e. The molecule has 0 heterocycles. The molecule has 0 aromatic heterocycles. The van der Waals surface area contributed by atoms with Gasteiger partial charge in [0.05, 0.1) is 12.7 Å². The molecule has 0 bridgehead atoms. The molecule has 98 valence electrons. The molecule has 18 heavy (non-hydrogen) atoms. The molecule has 0 atom stereocenters. The molecule has 1 rings (SSSR count). The van der Waals surface area contributed by atoms with Gasteiger partial charge in [0.15, 0.2) is 6.61 Å². The van der Waals surface area contributed by atoms with Gasteiger partial charge in [-0.05, 0) is 41.1 Å². The topological polar surface area (TPSA) is 64.6 Å². The molecule has 0 aliphatic heterocycles. The van der Waals surface area contributed by atoms with Gasteiger partial charge in [0.2, 0.25) is 0 Å². The molecule has 0 unspecified atom stereocenters. The maximum Gasteiger partial charge on any atom is 0.339 e. The van der Waals surface area contributed by atoms with Gasteiger partial charge < -0.3 is 14.8 Å². The fourth-order valence-electron chi connectivity index (χ4n) is 1.24. The van der Waals surface area contributed by atoms with Crippen molar-refractivity contribution in [2.24, 2.45) is 0 Å². The van der Waals surface area contributed by atoms with E-state index in [1.54, 1.807) is 25.1 Å². The van der Waals surface area contributed by atoms with E-state index in [1.807, 2.05) is 0 Å². The predicted octanol–water partition coefficient (Wildman–Crippen LogP) is 1.75. The molecular weight excluding hydrogens is 302 g/mol. The number of ether oxygens (including phenoxy) is 2. The number of benzene rings is 1. The maximum absolute atomic E-state index is 11.8. The van der Waals surface area contributed by atoms with Crippen LogP contribution < -0.4 is 10.1 Å². The number of carbonyl (C=O) groups is 2. The summed E-state index contributed by atoms with van der Waals surface area (Å²) in [5, 5.41) is 2.54. The number of nitrogens with one attached hydrogen (secondary N) is 1. The Morgan fingerprint density at radius 2 is 2.11 bits per heavy atom. The van der Waals surface area contributed by atoms with Crippen LogP contribution in [0.4, 0.5) is 0 Å². The number of halogens is 1. The second-order valence-corrected chi connectivity index (χ2v) is 4.23. The first-order valence-electron chi connectivity index (χ1n) is 5.35. The van der Waals surface area contributed by atoms with Crippen LogP contribution in [-0.2, 0) is 9.53 Å². The van der Waals surface area contributed by atoms with Crippen LogP contribution in [0.1, 0.15) is 17.3 Å². The lowest BCUT2D eigenvalue weighted by Crippen LogP contribution is -2.28. The van der Waals surface area contributed by atoms with Crippen molar-refractivity contribution in [3.8, 4) is 5.75 Å². The Labute approximate surface area is 114 Å². The van der Waals surface area contributed by atoms with E-state index in [0.29, 0.717) is 22.3 Å². The number of amides is 1. The number of likely N-dealkylation sites (N-methyl/N-ethyl adjacent to an activating group) is 1. The highest BCUT2D eigenvalue weighted by molar-refractivity contribution is 9.10. The van der Waals surface area contributed by atoms with Gasteiger partial charge in [-0.1, -0.05) is 0 Å². The maximum atomic E-state index is 11.8. The van der Waals surface area contributed by atoms with E-state index in [2.05, 4.69) is 21.2 Å². The van der Waals surface area contributed by atoms with Crippen molar-refractivity contribution in [2.75, 3.05) is 20.3 Å². The Morgan fingerprint density at radius 1 is 1.39 bits per heavy atom. The molecule has 0 aliphatic rings. The number of esters is 1. The van der Waals surface area contributed by atoms with Gasteiger partial charge in [-0.3, -0.25) is 4.79 Å². The molecule has 1 N–H and O–H groups in total. The quantitative estimate of drug-likeness (QED) is 0.841. The normalized spacial score (nSPS) is 9.72. The van der Waals surface area contributed by atoms with Crippen molar-refractivity contribution in [3.63, 3.8) is 0 Å². The Morgan fingerprint density at radius 3 is 2.72 bits per heavy atom. The summed E-state index contributed by atoms with van der Waals surface area (Å²) in [5.41, 5.74) is 0.318. The van der Waals surface area contributed by atoms with E-state index in [4.69, 9.17) is 9.47 Å². The van der Waals surface area contributed by atoms with Crippen molar-refractivity contribution < 1.29 is 19.1 Å². The summed E-state index contributed by atoms with van der Waals surface area (Å²) < 4.78 is 10.5. The zero-order valence-electron chi connectivity index (χ0n) is 10.2.